The van der Waals surface area contributed by atoms with E-state index in [4.69, 9.17) is 0 Å². The van der Waals surface area contributed by atoms with E-state index in [1.165, 1.54) is 44.7 Å². The van der Waals surface area contributed by atoms with Crippen LogP contribution in [0.5, 0.6) is 0 Å². The van der Waals surface area contributed by atoms with Crippen LogP contribution in [-0.4, -0.2) is 3.26 Å². The summed E-state index contributed by atoms with van der Waals surface area (Å²) in [5.74, 6) is 0. The molecule has 210 valence electrons. The van der Waals surface area contributed by atoms with Crippen LogP contribution in [0.15, 0.2) is 104 Å². The van der Waals surface area contributed by atoms with Gasteiger partial charge in [-0.2, -0.15) is 6.08 Å². The van der Waals surface area contributed by atoms with E-state index < -0.39 is 0 Å². The summed E-state index contributed by atoms with van der Waals surface area (Å²) in [5.41, 5.74) is 4.62. The van der Waals surface area contributed by atoms with Crippen LogP contribution in [0.3, 0.4) is 0 Å². The van der Waals surface area contributed by atoms with Crippen molar-refractivity contribution < 1.29 is 23.9 Å². The molecule has 0 amide bonds. The molecule has 0 saturated heterocycles. The molecule has 0 aliphatic heterocycles. The van der Waals surface area contributed by atoms with Gasteiger partial charge in [-0.05, 0) is 10.8 Å². The number of hydrogen-bond acceptors (Lipinski definition) is 0. The van der Waals surface area contributed by atoms with Gasteiger partial charge in [0.25, 0.3) is 0 Å². The van der Waals surface area contributed by atoms with Crippen molar-refractivity contribution >= 4 is 49.6 Å². The van der Waals surface area contributed by atoms with Crippen LogP contribution in [0.2, 0.25) is 0 Å². The Bertz CT molecular complexity index is 1350. The van der Waals surface area contributed by atoms with E-state index in [9.17, 15) is 0 Å². The first-order valence-corrected chi connectivity index (χ1v) is 15.4. The number of fused-ring (bicyclic) bond motifs is 3. The van der Waals surface area contributed by atoms with Gasteiger partial charge in [0.05, 0.1) is 0 Å². The molecular formula is C37H44Cl2Hf. The number of halogens is 2. The van der Waals surface area contributed by atoms with Crippen molar-refractivity contribution in [1.29, 1.82) is 0 Å². The van der Waals surface area contributed by atoms with Gasteiger partial charge in [-0.25, -0.2) is 12.2 Å². The summed E-state index contributed by atoms with van der Waals surface area (Å²) >= 11 is 1.16. The molecule has 0 aromatic heterocycles. The third kappa shape index (κ3) is 10.5. The average Bonchev–Trinajstić information content (AvgIpc) is 3.58. The minimum Gasteiger partial charge on any atom is -0.273 e. The van der Waals surface area contributed by atoms with Crippen LogP contribution in [0.1, 0.15) is 77.5 Å². The largest absolute Gasteiger partial charge is 0.273 e. The maximum Gasteiger partial charge on any atom is -0.0202 e. The quantitative estimate of drug-likeness (QED) is 0.111. The molecule has 1 aliphatic rings. The van der Waals surface area contributed by atoms with Crippen LogP contribution in [0, 0.1) is 6.08 Å². The summed E-state index contributed by atoms with van der Waals surface area (Å²) in [7, 11) is 0. The summed E-state index contributed by atoms with van der Waals surface area (Å²) < 4.78 is 1.58. The molecule has 0 bridgehead atoms. The standard InChI is InChI=1S/C21H25.C11H12.C5H5.2ClH.Hf/c1-20(2,3)16-7-9-18-14(12-16)11-15-13-17(21(4,5)6)8-10-19(15)18;1-2-3-5-8-11-9-6-4-7-10-11;1-2-4-5-3-1;;;/h7-13H,1-6H3;2,4,6-7,9-10H,1,3,5H2;1-3H,4H2;2*1H;/q-1;;-1;;;+2. The normalized spacial score (nSPS) is 12.0. The average molecular weight is 738 g/mol. The van der Waals surface area contributed by atoms with Crippen molar-refractivity contribution in [2.45, 2.75) is 71.6 Å². The predicted octanol–water partition coefficient (Wildman–Crippen LogP) is 11.2. The fourth-order valence-electron chi connectivity index (χ4n) is 4.33. The third-order valence-electron chi connectivity index (χ3n) is 6.74. The molecule has 1 aliphatic carbocycles. The van der Waals surface area contributed by atoms with Gasteiger partial charge in [0, 0.05) is 0 Å². The summed E-state index contributed by atoms with van der Waals surface area (Å²) in [6, 6.07) is 26.8. The van der Waals surface area contributed by atoms with E-state index in [-0.39, 0.29) is 35.6 Å². The maximum absolute atomic E-state index is 3.73. The first-order chi connectivity index (χ1) is 18.0. The van der Waals surface area contributed by atoms with Crippen LogP contribution in [0.4, 0.5) is 0 Å². The molecule has 0 nitrogen and oxygen atoms in total. The van der Waals surface area contributed by atoms with Crippen LogP contribution in [0.25, 0.3) is 21.5 Å². The van der Waals surface area contributed by atoms with Gasteiger partial charge >= 0.3 is 88.5 Å². The number of allylic oxidation sites excluding steroid dienone is 5. The zero-order chi connectivity index (χ0) is 27.8. The zero-order valence-corrected chi connectivity index (χ0v) is 30.1. The van der Waals surface area contributed by atoms with Crippen molar-refractivity contribution in [3.8, 4) is 0 Å². The van der Waals surface area contributed by atoms with Crippen LogP contribution >= 0.6 is 24.8 Å². The first-order valence-electron chi connectivity index (χ1n) is 13.6. The minimum atomic E-state index is 0. The summed E-state index contributed by atoms with van der Waals surface area (Å²) in [5, 5.41) is 5.48. The van der Waals surface area contributed by atoms with Crippen molar-refractivity contribution in [2.75, 3.05) is 0 Å². The van der Waals surface area contributed by atoms with Gasteiger partial charge in [-0.15, -0.1) is 71.0 Å². The Morgan fingerprint density at radius 2 is 1.38 bits per heavy atom. The third-order valence-corrected chi connectivity index (χ3v) is 8.68. The molecule has 4 aromatic rings. The monoisotopic (exact) mass is 738 g/mol. The zero-order valence-electron chi connectivity index (χ0n) is 24.9. The molecule has 0 heterocycles. The Hall–Kier alpha value is -1.93. The molecule has 5 rings (SSSR count). The first kappa shape index (κ1) is 36.1. The molecule has 4 aromatic carbocycles. The second-order valence-corrected chi connectivity index (χ2v) is 14.1. The van der Waals surface area contributed by atoms with E-state index in [2.05, 4.69) is 133 Å². The number of rotatable bonds is 4. The molecule has 3 heteroatoms. The van der Waals surface area contributed by atoms with Gasteiger partial charge in [-0.1, -0.05) is 76.9 Å². The smallest absolute Gasteiger partial charge is 0.0202 e. The van der Waals surface area contributed by atoms with E-state index in [0.717, 1.165) is 36.7 Å². The van der Waals surface area contributed by atoms with Gasteiger partial charge in [0.2, 0.25) is 0 Å². The minimum absolute atomic E-state index is 0. The van der Waals surface area contributed by atoms with Gasteiger partial charge < -0.3 is 0 Å². The van der Waals surface area contributed by atoms with Crippen molar-refractivity contribution in [2.24, 2.45) is 0 Å². The number of benzene rings is 3. The van der Waals surface area contributed by atoms with Crippen molar-refractivity contribution in [1.82, 2.24) is 0 Å². The molecule has 0 radical (unpaired) electrons. The Kier molecular flexibility index (Phi) is 14.9. The second-order valence-electron chi connectivity index (χ2n) is 11.9. The van der Waals surface area contributed by atoms with E-state index in [0.29, 0.717) is 0 Å². The Morgan fingerprint density at radius 3 is 1.75 bits per heavy atom. The molecule has 0 saturated carbocycles. The van der Waals surface area contributed by atoms with Crippen molar-refractivity contribution in [3.63, 3.8) is 0 Å². The Labute approximate surface area is 269 Å². The summed E-state index contributed by atoms with van der Waals surface area (Å²) in [6.07, 6.45) is 14.3. The molecule has 0 fully saturated rings. The van der Waals surface area contributed by atoms with Crippen LogP contribution in [-0.2, 0) is 34.7 Å². The molecule has 0 atom stereocenters. The molecule has 0 spiro atoms. The SMILES string of the molecule is C=CCC[C](=[Hf+2])c1ccccc1.CC(C)(C)c1ccc2c(c1)[cH-]c1cc(C(C)(C)C)ccc12.Cl.Cl.[C-]1=CC=CC1. The molecular weight excluding hydrogens is 694 g/mol. The van der Waals surface area contributed by atoms with E-state index in [1.807, 2.05) is 18.2 Å². The van der Waals surface area contributed by atoms with Gasteiger partial charge in [0.1, 0.15) is 0 Å². The summed E-state index contributed by atoms with van der Waals surface area (Å²) in [4.78, 5) is 0. The Morgan fingerprint density at radius 1 is 0.850 bits per heavy atom. The Balaban J connectivity index is 0.000000356. The van der Waals surface area contributed by atoms with Gasteiger partial charge in [0.15, 0.2) is 0 Å². The topological polar surface area (TPSA) is 0 Å². The fourth-order valence-corrected chi connectivity index (χ4v) is 5.44. The molecule has 0 N–H and O–H groups in total. The van der Waals surface area contributed by atoms with Gasteiger partial charge in [-0.3, -0.25) is 6.08 Å². The predicted molar refractivity (Wildman–Crippen MR) is 180 cm³/mol. The molecule has 0 unspecified atom stereocenters. The fraction of sp³-hybridized carbons (Fsp3) is 0.297. The van der Waals surface area contributed by atoms with E-state index >= 15 is 0 Å². The maximum atomic E-state index is 3.73. The van der Waals surface area contributed by atoms with E-state index in [1.54, 1.807) is 3.26 Å². The second kappa shape index (κ2) is 16.5. The summed E-state index contributed by atoms with van der Waals surface area (Å²) in [6.45, 7) is 17.4. The number of hydrogen-bond donors (Lipinski definition) is 0. The van der Waals surface area contributed by atoms with Crippen LogP contribution < -0.4 is 0 Å². The van der Waals surface area contributed by atoms with Crippen molar-refractivity contribution in [3.05, 3.63) is 126 Å². The molecule has 40 heavy (non-hydrogen) atoms.